The topological polar surface area (TPSA) is 54.4 Å². The third kappa shape index (κ3) is 9.95. The van der Waals surface area contributed by atoms with Crippen LogP contribution in [0.25, 0.3) is 6.08 Å². The molecule has 4 nitrogen and oxygen atoms in total. The van der Waals surface area contributed by atoms with Crippen molar-refractivity contribution in [1.82, 2.24) is 4.98 Å². The lowest BCUT2D eigenvalue weighted by molar-refractivity contribution is -0.151. The number of hydrogen-bond donors (Lipinski definition) is 1. The number of H-pyrrole nitrogens is 1. The van der Waals surface area contributed by atoms with Gasteiger partial charge < -0.3 is 9.72 Å². The summed E-state index contributed by atoms with van der Waals surface area (Å²) in [6.45, 7) is 16.9. The maximum absolute atomic E-state index is 12.9. The molecule has 5 aliphatic rings. The van der Waals surface area contributed by atoms with Gasteiger partial charge in [-0.2, -0.15) is 0 Å². The first kappa shape index (κ1) is 41.3. The predicted octanol–water partition coefficient (Wildman–Crippen LogP) is 14.2. The highest BCUT2D eigenvalue weighted by Crippen LogP contribution is 2.67. The van der Waals surface area contributed by atoms with Crippen molar-refractivity contribution >= 4 is 17.8 Å². The van der Waals surface area contributed by atoms with Gasteiger partial charge in [0.2, 0.25) is 0 Å². The van der Waals surface area contributed by atoms with Gasteiger partial charge in [-0.05, 0) is 154 Å². The summed E-state index contributed by atoms with van der Waals surface area (Å²) in [5.41, 5.74) is 8.41. The fourth-order valence-electron chi connectivity index (χ4n) is 12.5. The van der Waals surface area contributed by atoms with Crippen molar-refractivity contribution in [2.45, 2.75) is 196 Å². The van der Waals surface area contributed by atoms with E-state index in [1.165, 1.54) is 125 Å². The number of fused-ring (bicyclic) bond motifs is 5. The lowest BCUT2D eigenvalue weighted by Gasteiger charge is -2.58. The third-order valence-electron chi connectivity index (χ3n) is 15.6. The SMILES string of the molecule is Cc1cc(C)c(C=C2C=CC(CCCCCCCCCCCC(=O)OC3CCC4(C)C(=CCC5C4CCC4(C)C(C(C)CCCC(C)C)CCC54)C3)=N2)[nH]1. The molecule has 1 N–H and O–H groups in total. The number of carbonyl (C=O) groups is 1. The second-order valence-electron chi connectivity index (χ2n) is 19.9. The Bertz CT molecular complexity index is 1520. The molecule has 1 aromatic heterocycles. The Morgan fingerprint density at radius 2 is 1.63 bits per heavy atom. The monoisotopic (exact) mass is 739 g/mol. The number of aromatic nitrogens is 1. The van der Waals surface area contributed by atoms with Gasteiger partial charge in [-0.25, -0.2) is 0 Å². The van der Waals surface area contributed by atoms with Crippen molar-refractivity contribution in [3.63, 3.8) is 0 Å². The molecule has 0 radical (unpaired) electrons. The second-order valence-corrected chi connectivity index (χ2v) is 19.9. The zero-order valence-corrected chi connectivity index (χ0v) is 35.7. The molecule has 4 aliphatic carbocycles. The molecule has 54 heavy (non-hydrogen) atoms. The van der Waals surface area contributed by atoms with E-state index in [0.717, 1.165) is 73.3 Å². The van der Waals surface area contributed by atoms with Crippen LogP contribution in [0.1, 0.15) is 193 Å². The predicted molar refractivity (Wildman–Crippen MR) is 229 cm³/mol. The van der Waals surface area contributed by atoms with Crippen LogP contribution in [0.2, 0.25) is 0 Å². The number of rotatable bonds is 19. The molecular formula is C50H78N2O2. The first-order valence-corrected chi connectivity index (χ1v) is 23.0. The Hall–Kier alpha value is -2.36. The van der Waals surface area contributed by atoms with E-state index in [-0.39, 0.29) is 12.1 Å². The van der Waals surface area contributed by atoms with E-state index in [0.29, 0.717) is 17.3 Å². The Labute approximate surface area is 331 Å². The van der Waals surface area contributed by atoms with Gasteiger partial charge in [0.15, 0.2) is 0 Å². The normalized spacial score (nSPS) is 31.6. The number of aryl methyl sites for hydroxylation is 2. The van der Waals surface area contributed by atoms with Crippen LogP contribution in [-0.4, -0.2) is 22.8 Å². The van der Waals surface area contributed by atoms with E-state index >= 15 is 0 Å². The standard InChI is InChI=1S/C50H78N2O2/c1-35(2)18-17-19-36(3)44-26-27-45-43-25-22-39-33-42(28-30-49(39,6)46(43)29-31-50(44,45)7)54-48(53)21-16-14-12-10-8-9-11-13-15-20-40-23-24-41(52-40)34-47-37(4)32-38(5)51-47/h22-24,32,34-36,42-46,51H,8-21,25-31,33H2,1-7H3. The summed E-state index contributed by atoms with van der Waals surface area (Å²) < 4.78 is 6.15. The fraction of sp³-hybridized carbons (Fsp3) is 0.760. The van der Waals surface area contributed by atoms with E-state index in [2.05, 4.69) is 83.8 Å². The van der Waals surface area contributed by atoms with Gasteiger partial charge >= 0.3 is 5.97 Å². The van der Waals surface area contributed by atoms with E-state index < -0.39 is 0 Å². The largest absolute Gasteiger partial charge is 0.462 e. The number of aromatic amines is 1. The van der Waals surface area contributed by atoms with Gasteiger partial charge in [-0.15, -0.1) is 0 Å². The zero-order valence-electron chi connectivity index (χ0n) is 35.7. The van der Waals surface area contributed by atoms with Crippen molar-refractivity contribution < 1.29 is 9.53 Å². The number of allylic oxidation sites excluding steroid dienone is 3. The van der Waals surface area contributed by atoms with Crippen LogP contribution >= 0.6 is 0 Å². The smallest absolute Gasteiger partial charge is 0.306 e. The molecule has 1 aromatic rings. The average Bonchev–Trinajstić information content (AvgIpc) is 3.82. The molecule has 3 fully saturated rings. The van der Waals surface area contributed by atoms with Gasteiger partial charge in [-0.1, -0.05) is 110 Å². The molecule has 6 rings (SSSR count). The van der Waals surface area contributed by atoms with Crippen molar-refractivity contribution in [3.05, 3.63) is 52.5 Å². The molecule has 0 saturated heterocycles. The van der Waals surface area contributed by atoms with E-state index in [1.807, 2.05) is 0 Å². The molecule has 0 spiro atoms. The van der Waals surface area contributed by atoms with E-state index in [9.17, 15) is 4.79 Å². The fourth-order valence-corrected chi connectivity index (χ4v) is 12.5. The van der Waals surface area contributed by atoms with E-state index in [1.54, 1.807) is 5.57 Å². The van der Waals surface area contributed by atoms with Crippen molar-refractivity contribution in [3.8, 4) is 0 Å². The summed E-state index contributed by atoms with van der Waals surface area (Å²) in [7, 11) is 0. The molecule has 0 aromatic carbocycles. The summed E-state index contributed by atoms with van der Waals surface area (Å²) in [5.74, 6) is 5.26. The Morgan fingerprint density at radius 3 is 2.35 bits per heavy atom. The van der Waals surface area contributed by atoms with Crippen molar-refractivity contribution in [2.24, 2.45) is 51.3 Å². The molecule has 4 heteroatoms. The average molecular weight is 739 g/mol. The summed E-state index contributed by atoms with van der Waals surface area (Å²) in [6, 6.07) is 2.18. The second kappa shape index (κ2) is 18.7. The zero-order chi connectivity index (χ0) is 38.3. The Balaban J connectivity index is 0.822. The van der Waals surface area contributed by atoms with Gasteiger partial charge in [0.05, 0.1) is 5.70 Å². The van der Waals surface area contributed by atoms with E-state index in [4.69, 9.17) is 9.73 Å². The Kier molecular flexibility index (Phi) is 14.3. The minimum Gasteiger partial charge on any atom is -0.462 e. The maximum Gasteiger partial charge on any atom is 0.306 e. The molecule has 0 amide bonds. The quantitative estimate of drug-likeness (QED) is 0.0873. The molecule has 2 heterocycles. The lowest BCUT2D eigenvalue weighted by Crippen LogP contribution is -2.51. The number of unbranched alkanes of at least 4 members (excludes halogenated alkanes) is 8. The van der Waals surface area contributed by atoms with Gasteiger partial charge in [0.1, 0.15) is 6.10 Å². The molecule has 0 bridgehead atoms. The number of aliphatic imine (C=N–C) groups is 1. The van der Waals surface area contributed by atoms with Crippen LogP contribution in [-0.2, 0) is 9.53 Å². The minimum atomic E-state index is 0.0460. The van der Waals surface area contributed by atoms with Crippen molar-refractivity contribution in [1.29, 1.82) is 0 Å². The lowest BCUT2D eigenvalue weighted by atomic mass is 9.47. The highest BCUT2D eigenvalue weighted by atomic mass is 16.5. The number of hydrogen-bond acceptors (Lipinski definition) is 3. The summed E-state index contributed by atoms with van der Waals surface area (Å²) in [5, 5.41) is 0. The van der Waals surface area contributed by atoms with Crippen LogP contribution in [0.3, 0.4) is 0 Å². The van der Waals surface area contributed by atoms with Crippen molar-refractivity contribution in [2.75, 3.05) is 0 Å². The van der Waals surface area contributed by atoms with Crippen LogP contribution in [0.4, 0.5) is 0 Å². The van der Waals surface area contributed by atoms with Crippen LogP contribution in [0, 0.1) is 60.2 Å². The molecule has 300 valence electrons. The minimum absolute atomic E-state index is 0.0460. The number of esters is 1. The van der Waals surface area contributed by atoms with Gasteiger partial charge in [0, 0.05) is 29.9 Å². The molecule has 8 atom stereocenters. The summed E-state index contributed by atoms with van der Waals surface area (Å²) in [6.07, 6.45) is 36.5. The third-order valence-corrected chi connectivity index (χ3v) is 15.6. The van der Waals surface area contributed by atoms with Crippen LogP contribution in [0.15, 0.2) is 40.6 Å². The van der Waals surface area contributed by atoms with Gasteiger partial charge in [0.25, 0.3) is 0 Å². The first-order valence-electron chi connectivity index (χ1n) is 23.0. The molecule has 1 aliphatic heterocycles. The summed E-state index contributed by atoms with van der Waals surface area (Å²) in [4.78, 5) is 21.2. The molecular weight excluding hydrogens is 661 g/mol. The maximum atomic E-state index is 12.9. The number of nitrogens with zero attached hydrogens (tertiary/aromatic N) is 1. The number of ether oxygens (including phenoxy) is 1. The van der Waals surface area contributed by atoms with Crippen LogP contribution < -0.4 is 0 Å². The first-order chi connectivity index (χ1) is 26.0. The number of nitrogens with one attached hydrogen (secondary N) is 1. The number of carbonyl (C=O) groups excluding carboxylic acids is 1. The molecule has 3 saturated carbocycles. The molecule has 8 unspecified atom stereocenters. The highest BCUT2D eigenvalue weighted by Gasteiger charge is 2.59. The summed E-state index contributed by atoms with van der Waals surface area (Å²) >= 11 is 0. The highest BCUT2D eigenvalue weighted by molar-refractivity contribution is 5.99. The van der Waals surface area contributed by atoms with Crippen LogP contribution in [0.5, 0.6) is 0 Å². The van der Waals surface area contributed by atoms with Gasteiger partial charge in [-0.3, -0.25) is 9.79 Å². The Morgan fingerprint density at radius 1 is 0.889 bits per heavy atom.